The molecular weight excluding hydrogens is 378 g/mol. The highest BCUT2D eigenvalue weighted by atomic mass is 16.2. The van der Waals surface area contributed by atoms with Gasteiger partial charge in [0, 0.05) is 38.1 Å². The second kappa shape index (κ2) is 7.82. The van der Waals surface area contributed by atoms with Crippen LogP contribution in [0.25, 0.3) is 10.8 Å². The minimum atomic E-state index is -0.124. The molecule has 2 aromatic carbocycles. The van der Waals surface area contributed by atoms with Gasteiger partial charge in [-0.3, -0.25) is 9.48 Å². The van der Waals surface area contributed by atoms with Gasteiger partial charge in [-0.15, -0.1) is 0 Å². The highest BCUT2D eigenvalue weighted by Crippen LogP contribution is 2.24. The van der Waals surface area contributed by atoms with Crippen LogP contribution in [0.2, 0.25) is 0 Å². The van der Waals surface area contributed by atoms with E-state index in [1.54, 1.807) is 11.1 Å². The standard InChI is InChI=1S/C23H25N5O2/c29-22(19-16-24-28-11-4-3-10-21(19)28)26-12-14-27(15-13-26)23(30)25-20-9-5-7-17-6-1-2-8-18(17)20/h1-2,5-9,16H,3-4,10-15H2,(H,25,30). The number of aryl methyl sites for hydroxylation is 1. The lowest BCUT2D eigenvalue weighted by atomic mass is 10.1. The first-order chi connectivity index (χ1) is 14.7. The van der Waals surface area contributed by atoms with Gasteiger partial charge < -0.3 is 15.1 Å². The topological polar surface area (TPSA) is 70.5 Å². The second-order valence-corrected chi connectivity index (χ2v) is 7.92. The Morgan fingerprint density at radius 3 is 2.50 bits per heavy atom. The fourth-order valence-electron chi connectivity index (χ4n) is 4.41. The molecule has 0 atom stereocenters. The molecule has 0 spiro atoms. The average molecular weight is 403 g/mol. The van der Waals surface area contributed by atoms with Gasteiger partial charge in [0.15, 0.2) is 0 Å². The second-order valence-electron chi connectivity index (χ2n) is 7.92. The minimum Gasteiger partial charge on any atom is -0.335 e. The van der Waals surface area contributed by atoms with Crippen molar-refractivity contribution in [2.24, 2.45) is 0 Å². The highest BCUT2D eigenvalue weighted by Gasteiger charge is 2.28. The highest BCUT2D eigenvalue weighted by molar-refractivity contribution is 6.01. The predicted molar refractivity (Wildman–Crippen MR) is 116 cm³/mol. The van der Waals surface area contributed by atoms with Gasteiger partial charge in [-0.25, -0.2) is 4.79 Å². The zero-order chi connectivity index (χ0) is 20.5. The van der Waals surface area contributed by atoms with Gasteiger partial charge in [-0.05, 0) is 30.7 Å². The number of nitrogens with one attached hydrogen (secondary N) is 1. The Morgan fingerprint density at radius 1 is 0.867 bits per heavy atom. The molecule has 0 unspecified atom stereocenters. The first kappa shape index (κ1) is 18.7. The van der Waals surface area contributed by atoms with E-state index in [0.717, 1.165) is 53.5 Å². The Hall–Kier alpha value is -3.35. The van der Waals surface area contributed by atoms with E-state index in [0.29, 0.717) is 26.2 Å². The van der Waals surface area contributed by atoms with Crippen LogP contribution < -0.4 is 5.32 Å². The van der Waals surface area contributed by atoms with E-state index in [2.05, 4.69) is 10.4 Å². The number of amides is 3. The van der Waals surface area contributed by atoms with Crippen LogP contribution in [0, 0.1) is 0 Å². The minimum absolute atomic E-state index is 0.0345. The number of hydrogen-bond acceptors (Lipinski definition) is 3. The molecule has 1 saturated heterocycles. The van der Waals surface area contributed by atoms with Crippen molar-refractivity contribution in [3.05, 3.63) is 59.9 Å². The van der Waals surface area contributed by atoms with Crippen molar-refractivity contribution in [3.8, 4) is 0 Å². The first-order valence-electron chi connectivity index (χ1n) is 10.6. The summed E-state index contributed by atoms with van der Waals surface area (Å²) in [4.78, 5) is 29.4. The fraction of sp³-hybridized carbons (Fsp3) is 0.348. The van der Waals surface area contributed by atoms with Crippen molar-refractivity contribution in [2.45, 2.75) is 25.8 Å². The van der Waals surface area contributed by atoms with Crippen molar-refractivity contribution < 1.29 is 9.59 Å². The lowest BCUT2D eigenvalue weighted by Crippen LogP contribution is -2.51. The SMILES string of the molecule is O=C(Nc1cccc2ccccc12)N1CCN(C(=O)c2cnn3c2CCCC3)CC1. The Kier molecular flexibility index (Phi) is 4.86. The lowest BCUT2D eigenvalue weighted by molar-refractivity contribution is 0.0670. The first-order valence-corrected chi connectivity index (χ1v) is 10.6. The van der Waals surface area contributed by atoms with E-state index in [-0.39, 0.29) is 11.9 Å². The van der Waals surface area contributed by atoms with Crippen molar-refractivity contribution >= 4 is 28.4 Å². The van der Waals surface area contributed by atoms with E-state index in [1.807, 2.05) is 52.0 Å². The number of aromatic nitrogens is 2. The van der Waals surface area contributed by atoms with Crippen LogP contribution in [0.5, 0.6) is 0 Å². The van der Waals surface area contributed by atoms with Crippen LogP contribution in [-0.4, -0.2) is 57.7 Å². The molecule has 5 rings (SSSR count). The molecule has 7 heteroatoms. The molecule has 0 aliphatic carbocycles. The van der Waals surface area contributed by atoms with Gasteiger partial charge in [0.2, 0.25) is 0 Å². The van der Waals surface area contributed by atoms with E-state index >= 15 is 0 Å². The predicted octanol–water partition coefficient (Wildman–Crippen LogP) is 3.36. The van der Waals surface area contributed by atoms with Gasteiger partial charge in [-0.2, -0.15) is 5.10 Å². The molecular formula is C23H25N5O2. The fourth-order valence-corrected chi connectivity index (χ4v) is 4.41. The molecule has 1 aromatic heterocycles. The quantitative estimate of drug-likeness (QED) is 0.713. The van der Waals surface area contributed by atoms with Gasteiger partial charge in [0.05, 0.1) is 23.1 Å². The van der Waals surface area contributed by atoms with E-state index in [9.17, 15) is 9.59 Å². The number of piperazine rings is 1. The summed E-state index contributed by atoms with van der Waals surface area (Å²) >= 11 is 0. The van der Waals surface area contributed by atoms with Crippen molar-refractivity contribution in [1.29, 1.82) is 0 Å². The van der Waals surface area contributed by atoms with Crippen LogP contribution in [-0.2, 0) is 13.0 Å². The maximum Gasteiger partial charge on any atom is 0.321 e. The molecule has 1 fully saturated rings. The molecule has 30 heavy (non-hydrogen) atoms. The zero-order valence-electron chi connectivity index (χ0n) is 16.9. The number of hydrogen-bond donors (Lipinski definition) is 1. The number of benzene rings is 2. The van der Waals surface area contributed by atoms with Crippen molar-refractivity contribution in [2.75, 3.05) is 31.5 Å². The smallest absolute Gasteiger partial charge is 0.321 e. The molecule has 7 nitrogen and oxygen atoms in total. The number of carbonyl (C=O) groups excluding carboxylic acids is 2. The van der Waals surface area contributed by atoms with Gasteiger partial charge >= 0.3 is 6.03 Å². The molecule has 3 aromatic rings. The Bertz CT molecular complexity index is 1090. The summed E-state index contributed by atoms with van der Waals surface area (Å²) in [6, 6.07) is 13.8. The van der Waals surface area contributed by atoms with E-state index < -0.39 is 0 Å². The number of urea groups is 1. The summed E-state index contributed by atoms with van der Waals surface area (Å²) in [6.07, 6.45) is 4.85. The van der Waals surface area contributed by atoms with Crippen LogP contribution in [0.1, 0.15) is 28.9 Å². The Balaban J connectivity index is 1.23. The van der Waals surface area contributed by atoms with Crippen LogP contribution in [0.3, 0.4) is 0 Å². The summed E-state index contributed by atoms with van der Waals surface area (Å²) in [6.45, 7) is 3.00. The van der Waals surface area contributed by atoms with Crippen molar-refractivity contribution in [3.63, 3.8) is 0 Å². The maximum atomic E-state index is 13.0. The van der Waals surface area contributed by atoms with E-state index in [4.69, 9.17) is 0 Å². The zero-order valence-corrected chi connectivity index (χ0v) is 16.9. The number of rotatable bonds is 2. The largest absolute Gasteiger partial charge is 0.335 e. The molecule has 3 amide bonds. The number of anilines is 1. The van der Waals surface area contributed by atoms with Crippen LogP contribution in [0.15, 0.2) is 48.7 Å². The lowest BCUT2D eigenvalue weighted by Gasteiger charge is -2.34. The van der Waals surface area contributed by atoms with E-state index in [1.165, 1.54) is 0 Å². The molecule has 1 N–H and O–H groups in total. The third-order valence-electron chi connectivity index (χ3n) is 6.10. The molecule has 0 saturated carbocycles. The molecule has 2 aliphatic heterocycles. The van der Waals surface area contributed by atoms with Gasteiger partial charge in [0.25, 0.3) is 5.91 Å². The number of nitrogens with zero attached hydrogens (tertiary/aromatic N) is 4. The van der Waals surface area contributed by atoms with Gasteiger partial charge in [0.1, 0.15) is 0 Å². The normalized spacial score (nSPS) is 16.4. The maximum absolute atomic E-state index is 13.0. The monoisotopic (exact) mass is 403 g/mol. The molecule has 0 bridgehead atoms. The van der Waals surface area contributed by atoms with Crippen LogP contribution >= 0.6 is 0 Å². The third kappa shape index (κ3) is 3.40. The number of carbonyl (C=O) groups is 2. The Morgan fingerprint density at radius 2 is 1.63 bits per heavy atom. The van der Waals surface area contributed by atoms with Crippen LogP contribution in [0.4, 0.5) is 10.5 Å². The summed E-state index contributed by atoms with van der Waals surface area (Å²) in [5.74, 6) is 0.0345. The third-order valence-corrected chi connectivity index (χ3v) is 6.10. The summed E-state index contributed by atoms with van der Waals surface area (Å²) in [5.41, 5.74) is 2.59. The molecule has 2 aliphatic rings. The summed E-state index contributed by atoms with van der Waals surface area (Å²) in [7, 11) is 0. The molecule has 0 radical (unpaired) electrons. The average Bonchev–Trinajstić information content (AvgIpc) is 3.23. The number of fused-ring (bicyclic) bond motifs is 2. The van der Waals surface area contributed by atoms with Crippen molar-refractivity contribution in [1.82, 2.24) is 19.6 Å². The molecule has 3 heterocycles. The van der Waals surface area contributed by atoms with Gasteiger partial charge in [-0.1, -0.05) is 36.4 Å². The Labute approximate surface area is 175 Å². The molecule has 154 valence electrons. The summed E-state index contributed by atoms with van der Waals surface area (Å²) in [5, 5.41) is 9.53. The summed E-state index contributed by atoms with van der Waals surface area (Å²) < 4.78 is 1.96.